The molecule has 1 fully saturated rings. The highest BCUT2D eigenvalue weighted by Crippen LogP contribution is 2.25. The van der Waals surface area contributed by atoms with E-state index < -0.39 is 0 Å². The molecule has 0 unspecified atom stereocenters. The van der Waals surface area contributed by atoms with Crippen molar-refractivity contribution in [1.82, 2.24) is 24.6 Å². The van der Waals surface area contributed by atoms with Crippen LogP contribution in [0, 0.1) is 13.5 Å². The zero-order chi connectivity index (χ0) is 16.5. The molecule has 0 radical (unpaired) electrons. The summed E-state index contributed by atoms with van der Waals surface area (Å²) >= 11 is 0. The van der Waals surface area contributed by atoms with Gasteiger partial charge in [0.2, 0.25) is 5.95 Å². The molecule has 1 aliphatic rings. The van der Waals surface area contributed by atoms with Gasteiger partial charge >= 0.3 is 0 Å². The number of hydrogen-bond donors (Lipinski definition) is 1. The van der Waals surface area contributed by atoms with Crippen molar-refractivity contribution in [2.75, 3.05) is 5.32 Å². The molecule has 7 nitrogen and oxygen atoms in total. The second-order valence-electron chi connectivity index (χ2n) is 6.12. The maximum atomic E-state index is 5.39. The predicted molar refractivity (Wildman–Crippen MR) is 92.1 cm³/mol. The van der Waals surface area contributed by atoms with Crippen LogP contribution in [0.25, 0.3) is 21.9 Å². The molecule has 0 aliphatic heterocycles. The molecule has 3 aromatic heterocycles. The minimum Gasteiger partial charge on any atom is -0.351 e. The molecule has 1 N–H and O–H groups in total. The fourth-order valence-corrected chi connectivity index (χ4v) is 3.12. The Kier molecular flexibility index (Phi) is 3.58. The van der Waals surface area contributed by atoms with Gasteiger partial charge in [0.1, 0.15) is 0 Å². The Bertz CT molecular complexity index is 924. The van der Waals surface area contributed by atoms with Crippen LogP contribution < -0.4 is 5.32 Å². The Hall–Kier alpha value is -3.01. The van der Waals surface area contributed by atoms with Crippen molar-refractivity contribution in [2.45, 2.75) is 38.3 Å². The maximum Gasteiger partial charge on any atom is 0.274 e. The van der Waals surface area contributed by atoms with E-state index in [1.165, 1.54) is 0 Å². The van der Waals surface area contributed by atoms with Gasteiger partial charge in [-0.25, -0.2) is 19.5 Å². The highest BCUT2D eigenvalue weighted by molar-refractivity contribution is 5.58. The Labute approximate surface area is 139 Å². The zero-order valence-corrected chi connectivity index (χ0v) is 13.4. The summed E-state index contributed by atoms with van der Waals surface area (Å²) in [7, 11) is 0. The molecular formula is C17H18N7+. The average Bonchev–Trinajstić information content (AvgIpc) is 3.19. The Morgan fingerprint density at radius 3 is 2.96 bits per heavy atom. The lowest BCUT2D eigenvalue weighted by molar-refractivity contribution is 0.736. The van der Waals surface area contributed by atoms with Crippen LogP contribution in [-0.4, -0.2) is 36.6 Å². The summed E-state index contributed by atoms with van der Waals surface area (Å²) in [6.45, 7) is 7.34. The number of aryl methyl sites for hydroxylation is 1. The first-order chi connectivity index (χ1) is 11.7. The van der Waals surface area contributed by atoms with Crippen LogP contribution in [0.2, 0.25) is 0 Å². The van der Waals surface area contributed by atoms with E-state index in [1.54, 1.807) is 10.7 Å². The van der Waals surface area contributed by atoms with Crippen LogP contribution in [0.1, 0.15) is 25.0 Å². The molecule has 0 aromatic carbocycles. The van der Waals surface area contributed by atoms with E-state index in [1.807, 2.05) is 31.3 Å². The molecule has 24 heavy (non-hydrogen) atoms. The fourth-order valence-electron chi connectivity index (χ4n) is 3.12. The number of nitrogens with one attached hydrogen (secondary N) is 1. The molecular weight excluding hydrogens is 302 g/mol. The van der Waals surface area contributed by atoms with Crippen LogP contribution in [0.15, 0.2) is 30.6 Å². The van der Waals surface area contributed by atoms with Gasteiger partial charge in [0.25, 0.3) is 12.6 Å². The second kappa shape index (κ2) is 5.89. The van der Waals surface area contributed by atoms with Gasteiger partial charge in [0.05, 0.1) is 17.1 Å². The van der Waals surface area contributed by atoms with Crippen molar-refractivity contribution >= 4 is 11.6 Å². The summed E-state index contributed by atoms with van der Waals surface area (Å²) in [5.74, 6) is 0.613. The molecule has 2 atom stereocenters. The molecule has 0 spiro atoms. The first kappa shape index (κ1) is 14.6. The quantitative estimate of drug-likeness (QED) is 0.803. The highest BCUT2D eigenvalue weighted by Gasteiger charge is 2.31. The number of aromatic nitrogens is 5. The molecule has 0 saturated heterocycles. The topological polar surface area (TPSA) is 72.4 Å². The third-order valence-electron chi connectivity index (χ3n) is 4.31. The minimum atomic E-state index is 0.236. The Balaban J connectivity index is 1.58. The number of rotatable bonds is 3. The monoisotopic (exact) mass is 320 g/mol. The molecule has 7 heteroatoms. The Morgan fingerprint density at radius 1 is 1.25 bits per heavy atom. The van der Waals surface area contributed by atoms with E-state index in [9.17, 15) is 0 Å². The normalized spacial score (nSPS) is 20.2. The van der Waals surface area contributed by atoms with Crippen LogP contribution in [0.5, 0.6) is 0 Å². The summed E-state index contributed by atoms with van der Waals surface area (Å²) in [6.07, 6.45) is 6.59. The van der Waals surface area contributed by atoms with Gasteiger partial charge < -0.3 is 5.32 Å². The molecule has 1 saturated carbocycles. The van der Waals surface area contributed by atoms with Crippen molar-refractivity contribution in [1.29, 1.82) is 0 Å². The zero-order valence-electron chi connectivity index (χ0n) is 13.4. The molecule has 4 rings (SSSR count). The molecule has 3 aromatic rings. The Morgan fingerprint density at radius 2 is 2.12 bits per heavy atom. The van der Waals surface area contributed by atoms with E-state index in [2.05, 4.69) is 30.2 Å². The van der Waals surface area contributed by atoms with Gasteiger partial charge in [-0.05, 0) is 25.5 Å². The summed E-state index contributed by atoms with van der Waals surface area (Å²) in [5, 5.41) is 7.71. The van der Waals surface area contributed by atoms with Crippen molar-refractivity contribution in [3.05, 3.63) is 41.1 Å². The summed E-state index contributed by atoms with van der Waals surface area (Å²) in [5.41, 5.74) is 3.33. The van der Waals surface area contributed by atoms with E-state index in [0.29, 0.717) is 12.0 Å². The van der Waals surface area contributed by atoms with Crippen molar-refractivity contribution in [2.24, 2.45) is 0 Å². The van der Waals surface area contributed by atoms with E-state index >= 15 is 0 Å². The smallest absolute Gasteiger partial charge is 0.274 e. The number of hydrogen-bond acceptors (Lipinski definition) is 5. The summed E-state index contributed by atoms with van der Waals surface area (Å²) < 4.78 is 1.76. The number of anilines is 1. The summed E-state index contributed by atoms with van der Waals surface area (Å²) in [6, 6.07) is 6.26. The van der Waals surface area contributed by atoms with Crippen LogP contribution in [0.3, 0.4) is 0 Å². The first-order valence-electron chi connectivity index (χ1n) is 8.04. The lowest BCUT2D eigenvalue weighted by Crippen LogP contribution is -2.18. The van der Waals surface area contributed by atoms with Gasteiger partial charge in [0, 0.05) is 37.3 Å². The fraction of sp³-hybridized carbons (Fsp3) is 0.353. The largest absolute Gasteiger partial charge is 0.351 e. The van der Waals surface area contributed by atoms with Gasteiger partial charge in [-0.1, -0.05) is 4.85 Å². The lowest BCUT2D eigenvalue weighted by atomic mass is 10.2. The van der Waals surface area contributed by atoms with Crippen molar-refractivity contribution in [3.8, 4) is 18.0 Å². The second-order valence-corrected chi connectivity index (χ2v) is 6.12. The van der Waals surface area contributed by atoms with Gasteiger partial charge in [-0.15, -0.1) is 0 Å². The van der Waals surface area contributed by atoms with Gasteiger partial charge in [-0.2, -0.15) is 5.10 Å². The van der Waals surface area contributed by atoms with E-state index in [-0.39, 0.29) is 6.04 Å². The van der Waals surface area contributed by atoms with Crippen molar-refractivity contribution in [3.63, 3.8) is 0 Å². The molecule has 0 bridgehead atoms. The maximum absolute atomic E-state index is 5.39. The molecule has 120 valence electrons. The molecule has 3 heterocycles. The van der Waals surface area contributed by atoms with Crippen LogP contribution >= 0.6 is 0 Å². The average molecular weight is 320 g/mol. The van der Waals surface area contributed by atoms with Gasteiger partial charge in [0.15, 0.2) is 5.65 Å². The molecule has 1 aliphatic carbocycles. The van der Waals surface area contributed by atoms with Crippen LogP contribution in [0.4, 0.5) is 5.95 Å². The number of fused-ring (bicyclic) bond motifs is 1. The standard InChI is InChI=1S/C17H18N7/c1-11-9-16-21-15(6-8-24(16)23-11)14-5-7-19-17(22-14)20-13-4-3-12(10-13)18-2/h2,5-9,12-13H,3-4,10H2,1H3,(H,19,20,22)/q+1/t12-,13-/m0/s1. The number of nitrogens with zero attached hydrogens (tertiary/aromatic N) is 6. The predicted octanol–water partition coefficient (Wildman–Crippen LogP) is 2.79. The van der Waals surface area contributed by atoms with E-state index in [4.69, 9.17) is 6.57 Å². The SMILES string of the molecule is C#[N+][C@H]1CC[C@H](Nc2nccc(-c3ccn4nc(C)cc4n3)n2)C1. The van der Waals surface area contributed by atoms with E-state index in [0.717, 1.165) is 42.0 Å². The molecule has 0 amide bonds. The summed E-state index contributed by atoms with van der Waals surface area (Å²) in [4.78, 5) is 17.4. The first-order valence-corrected chi connectivity index (χ1v) is 8.04. The van der Waals surface area contributed by atoms with Crippen LogP contribution in [-0.2, 0) is 0 Å². The lowest BCUT2D eigenvalue weighted by Gasteiger charge is -2.11. The third-order valence-corrected chi connectivity index (χ3v) is 4.31. The highest BCUT2D eigenvalue weighted by atomic mass is 15.2. The minimum absolute atomic E-state index is 0.236. The van der Waals surface area contributed by atoms with Crippen molar-refractivity contribution < 1.29 is 0 Å². The third kappa shape index (κ3) is 2.78. The van der Waals surface area contributed by atoms with Gasteiger partial charge in [-0.3, -0.25) is 0 Å².